The maximum Gasteiger partial charge on any atom is 0.270 e. The average Bonchev–Trinajstić information content (AvgIpc) is 3.20. The summed E-state index contributed by atoms with van der Waals surface area (Å²) in [6, 6.07) is 5.90. The Morgan fingerprint density at radius 1 is 1.36 bits per heavy atom. The third-order valence-electron chi connectivity index (χ3n) is 3.71. The Morgan fingerprint density at radius 3 is 2.96 bits per heavy atom. The summed E-state index contributed by atoms with van der Waals surface area (Å²) in [6.07, 6.45) is 0.968. The van der Waals surface area contributed by atoms with Gasteiger partial charge in [-0.15, -0.1) is 11.3 Å². The fourth-order valence-corrected chi connectivity index (χ4v) is 3.92. The number of fused-ring (bicyclic) bond motifs is 1. The first-order chi connectivity index (χ1) is 12.0. The number of amides is 1. The van der Waals surface area contributed by atoms with Gasteiger partial charge < -0.3 is 9.73 Å². The zero-order chi connectivity index (χ0) is 17.8. The van der Waals surface area contributed by atoms with E-state index in [-0.39, 0.29) is 5.91 Å². The Kier molecular flexibility index (Phi) is 5.75. The molecule has 0 aliphatic heterocycles. The van der Waals surface area contributed by atoms with Crippen molar-refractivity contribution in [3.8, 4) is 0 Å². The lowest BCUT2D eigenvalue weighted by atomic mass is 10.1. The standard InChI is InChI=1S/C18H21N3O2S2/c1-11(2)7-8-19-17(22)13-9-24-15(20-13)10-25-18-21-16-12(3)5-4-6-14(16)23-18/h4-6,9,11H,7-8,10H2,1-3H3,(H,19,22). The second kappa shape index (κ2) is 8.01. The molecule has 7 heteroatoms. The molecular weight excluding hydrogens is 354 g/mol. The van der Waals surface area contributed by atoms with E-state index in [1.165, 1.54) is 23.1 Å². The zero-order valence-electron chi connectivity index (χ0n) is 14.5. The van der Waals surface area contributed by atoms with Crippen molar-refractivity contribution in [1.82, 2.24) is 15.3 Å². The van der Waals surface area contributed by atoms with Crippen LogP contribution in [-0.2, 0) is 5.75 Å². The largest absolute Gasteiger partial charge is 0.431 e. The van der Waals surface area contributed by atoms with E-state index in [9.17, 15) is 4.79 Å². The predicted octanol–water partition coefficient (Wildman–Crippen LogP) is 4.66. The Labute approximate surface area is 155 Å². The van der Waals surface area contributed by atoms with E-state index in [0.717, 1.165) is 28.1 Å². The number of nitrogens with zero attached hydrogens (tertiary/aromatic N) is 2. The van der Waals surface area contributed by atoms with E-state index in [1.807, 2.05) is 25.1 Å². The van der Waals surface area contributed by atoms with Crippen LogP contribution in [0.5, 0.6) is 0 Å². The van der Waals surface area contributed by atoms with E-state index >= 15 is 0 Å². The van der Waals surface area contributed by atoms with Gasteiger partial charge in [0, 0.05) is 11.9 Å². The highest BCUT2D eigenvalue weighted by atomic mass is 32.2. The number of benzene rings is 1. The second-order valence-corrected chi connectivity index (χ2v) is 8.12. The second-order valence-electron chi connectivity index (χ2n) is 6.26. The molecule has 0 saturated carbocycles. The number of carbonyl (C=O) groups is 1. The van der Waals surface area contributed by atoms with E-state index < -0.39 is 0 Å². The molecule has 2 aromatic heterocycles. The van der Waals surface area contributed by atoms with Crippen molar-refractivity contribution in [2.75, 3.05) is 6.54 Å². The van der Waals surface area contributed by atoms with E-state index in [0.29, 0.717) is 29.1 Å². The van der Waals surface area contributed by atoms with Crippen LogP contribution in [0.1, 0.15) is 41.3 Å². The fourth-order valence-electron chi connectivity index (χ4n) is 2.30. The summed E-state index contributed by atoms with van der Waals surface area (Å²) in [5.74, 6) is 1.10. The van der Waals surface area contributed by atoms with Gasteiger partial charge in [0.05, 0.1) is 5.75 Å². The number of thioether (sulfide) groups is 1. The maximum atomic E-state index is 12.1. The molecule has 0 aliphatic rings. The number of hydrogen-bond donors (Lipinski definition) is 1. The number of rotatable bonds is 7. The summed E-state index contributed by atoms with van der Waals surface area (Å²) in [5, 5.41) is 6.23. The van der Waals surface area contributed by atoms with E-state index in [2.05, 4.69) is 29.1 Å². The summed E-state index contributed by atoms with van der Waals surface area (Å²) >= 11 is 2.98. The first-order valence-corrected chi connectivity index (χ1v) is 10.1. The van der Waals surface area contributed by atoms with Crippen LogP contribution in [0.15, 0.2) is 33.2 Å². The molecule has 3 aromatic rings. The van der Waals surface area contributed by atoms with Gasteiger partial charge in [-0.05, 0) is 30.9 Å². The van der Waals surface area contributed by atoms with Gasteiger partial charge >= 0.3 is 0 Å². The lowest BCUT2D eigenvalue weighted by molar-refractivity contribution is 0.0947. The first-order valence-electron chi connectivity index (χ1n) is 8.24. The predicted molar refractivity (Wildman–Crippen MR) is 102 cm³/mol. The summed E-state index contributed by atoms with van der Waals surface area (Å²) in [7, 11) is 0. The molecule has 5 nitrogen and oxygen atoms in total. The van der Waals surface area contributed by atoms with Gasteiger partial charge in [-0.2, -0.15) is 0 Å². The fraction of sp³-hybridized carbons (Fsp3) is 0.389. The molecular formula is C18H21N3O2S2. The first kappa shape index (κ1) is 17.9. The van der Waals surface area contributed by atoms with Crippen molar-refractivity contribution in [3.05, 3.63) is 39.8 Å². The number of aromatic nitrogens is 2. The number of para-hydroxylation sites is 1. The van der Waals surface area contributed by atoms with Crippen molar-refractivity contribution in [2.24, 2.45) is 5.92 Å². The van der Waals surface area contributed by atoms with Crippen LogP contribution in [0.4, 0.5) is 0 Å². The van der Waals surface area contributed by atoms with E-state index in [1.54, 1.807) is 5.38 Å². The molecule has 25 heavy (non-hydrogen) atoms. The minimum absolute atomic E-state index is 0.106. The highest BCUT2D eigenvalue weighted by molar-refractivity contribution is 7.98. The molecule has 1 amide bonds. The average molecular weight is 376 g/mol. The Morgan fingerprint density at radius 2 is 2.20 bits per heavy atom. The normalized spacial score (nSPS) is 11.4. The zero-order valence-corrected chi connectivity index (χ0v) is 16.2. The molecule has 132 valence electrons. The lowest BCUT2D eigenvalue weighted by Gasteiger charge is -2.05. The SMILES string of the molecule is Cc1cccc2oc(SCc3nc(C(=O)NCCC(C)C)cs3)nc12. The number of thiazole rings is 1. The Hall–Kier alpha value is -1.86. The number of hydrogen-bond acceptors (Lipinski definition) is 6. The number of carbonyl (C=O) groups excluding carboxylic acids is 1. The van der Waals surface area contributed by atoms with Crippen LogP contribution in [0.3, 0.4) is 0 Å². The summed E-state index contributed by atoms with van der Waals surface area (Å²) in [6.45, 7) is 6.97. The molecule has 0 fully saturated rings. The molecule has 0 unspecified atom stereocenters. The number of nitrogens with one attached hydrogen (secondary N) is 1. The molecule has 0 radical (unpaired) electrons. The van der Waals surface area contributed by atoms with Crippen LogP contribution < -0.4 is 5.32 Å². The minimum atomic E-state index is -0.106. The van der Waals surface area contributed by atoms with Crippen molar-refractivity contribution in [2.45, 2.75) is 38.2 Å². The van der Waals surface area contributed by atoms with Gasteiger partial charge in [0.1, 0.15) is 16.2 Å². The molecule has 0 atom stereocenters. The topological polar surface area (TPSA) is 68.0 Å². The molecule has 0 bridgehead atoms. The Bertz CT molecular complexity index is 870. The van der Waals surface area contributed by atoms with Gasteiger partial charge in [-0.3, -0.25) is 4.79 Å². The summed E-state index contributed by atoms with van der Waals surface area (Å²) in [4.78, 5) is 21.0. The Balaban J connectivity index is 1.57. The van der Waals surface area contributed by atoms with Crippen molar-refractivity contribution >= 4 is 40.1 Å². The van der Waals surface area contributed by atoms with Crippen LogP contribution in [0.25, 0.3) is 11.1 Å². The minimum Gasteiger partial charge on any atom is -0.431 e. The molecule has 1 N–H and O–H groups in total. The molecule has 3 rings (SSSR count). The van der Waals surface area contributed by atoms with Crippen molar-refractivity contribution < 1.29 is 9.21 Å². The van der Waals surface area contributed by atoms with Gasteiger partial charge in [0.15, 0.2) is 5.58 Å². The smallest absolute Gasteiger partial charge is 0.270 e. The maximum absolute atomic E-state index is 12.1. The molecule has 0 aliphatic carbocycles. The van der Waals surface area contributed by atoms with Crippen LogP contribution in [0, 0.1) is 12.8 Å². The van der Waals surface area contributed by atoms with Gasteiger partial charge in [0.25, 0.3) is 11.1 Å². The number of oxazole rings is 1. The van der Waals surface area contributed by atoms with Crippen LogP contribution in [0.2, 0.25) is 0 Å². The van der Waals surface area contributed by atoms with Crippen molar-refractivity contribution in [3.63, 3.8) is 0 Å². The van der Waals surface area contributed by atoms with Gasteiger partial charge in [-0.1, -0.05) is 37.7 Å². The highest BCUT2D eigenvalue weighted by Gasteiger charge is 2.13. The molecule has 1 aromatic carbocycles. The quantitative estimate of drug-likeness (QED) is 0.608. The van der Waals surface area contributed by atoms with Crippen LogP contribution in [-0.4, -0.2) is 22.4 Å². The molecule has 0 spiro atoms. The van der Waals surface area contributed by atoms with Gasteiger partial charge in [0.2, 0.25) is 0 Å². The number of aryl methyl sites for hydroxylation is 1. The van der Waals surface area contributed by atoms with Gasteiger partial charge in [-0.25, -0.2) is 9.97 Å². The van der Waals surface area contributed by atoms with Crippen molar-refractivity contribution in [1.29, 1.82) is 0 Å². The summed E-state index contributed by atoms with van der Waals surface area (Å²) in [5.41, 5.74) is 3.28. The third kappa shape index (κ3) is 4.61. The molecule has 2 heterocycles. The molecule has 0 saturated heterocycles. The lowest BCUT2D eigenvalue weighted by Crippen LogP contribution is -2.25. The third-order valence-corrected chi connectivity index (χ3v) is 5.58. The van der Waals surface area contributed by atoms with Crippen LogP contribution >= 0.6 is 23.1 Å². The highest BCUT2D eigenvalue weighted by Crippen LogP contribution is 2.28. The monoisotopic (exact) mass is 375 g/mol. The summed E-state index contributed by atoms with van der Waals surface area (Å²) < 4.78 is 5.75. The van der Waals surface area contributed by atoms with E-state index in [4.69, 9.17) is 4.42 Å².